The molecule has 0 atom stereocenters. The van der Waals surface area contributed by atoms with Crippen molar-refractivity contribution in [1.29, 1.82) is 0 Å². The van der Waals surface area contributed by atoms with Crippen molar-refractivity contribution in [2.24, 2.45) is 0 Å². The molecule has 0 fully saturated rings. The third kappa shape index (κ3) is 4.45. The Bertz CT molecular complexity index is 1400. The first kappa shape index (κ1) is 21.1. The maximum Gasteiger partial charge on any atom is 0.395 e. The van der Waals surface area contributed by atoms with Crippen molar-refractivity contribution in [3.05, 3.63) is 103 Å². The molecule has 0 amide bonds. The van der Waals surface area contributed by atoms with Crippen molar-refractivity contribution in [2.45, 2.75) is 6.61 Å². The van der Waals surface area contributed by atoms with Gasteiger partial charge in [-0.05, 0) is 46.7 Å². The van der Waals surface area contributed by atoms with E-state index in [-0.39, 0.29) is 5.82 Å². The van der Waals surface area contributed by atoms with Crippen LogP contribution < -0.4 is 10.3 Å². The Balaban J connectivity index is 1.71. The van der Waals surface area contributed by atoms with Gasteiger partial charge < -0.3 is 14.8 Å². The SMILES string of the molecule is O=c1[nH]c(/C=C\c2c(OCc3ccc(Cl)cc3)ccc3ccccc23)nc(O)c1[N+](=O)[O-]. The Morgan fingerprint density at radius 3 is 2.56 bits per heavy atom. The van der Waals surface area contributed by atoms with Crippen molar-refractivity contribution in [3.8, 4) is 11.6 Å². The van der Waals surface area contributed by atoms with Crippen LogP contribution in [0.15, 0.2) is 65.5 Å². The number of nitrogens with one attached hydrogen (secondary N) is 1. The molecule has 8 nitrogen and oxygen atoms in total. The van der Waals surface area contributed by atoms with Crippen LogP contribution in [0, 0.1) is 10.1 Å². The normalized spacial score (nSPS) is 11.2. The van der Waals surface area contributed by atoms with E-state index in [1.165, 1.54) is 6.08 Å². The van der Waals surface area contributed by atoms with Crippen molar-refractivity contribution >= 4 is 40.2 Å². The zero-order valence-corrected chi connectivity index (χ0v) is 17.2. The van der Waals surface area contributed by atoms with E-state index < -0.39 is 22.0 Å². The van der Waals surface area contributed by atoms with E-state index in [2.05, 4.69) is 9.97 Å². The molecule has 160 valence electrons. The second-order valence-electron chi connectivity index (χ2n) is 6.83. The number of aromatic hydroxyl groups is 1. The summed E-state index contributed by atoms with van der Waals surface area (Å²) in [7, 11) is 0. The molecule has 0 aliphatic rings. The summed E-state index contributed by atoms with van der Waals surface area (Å²) >= 11 is 5.93. The molecule has 9 heteroatoms. The van der Waals surface area contributed by atoms with E-state index in [4.69, 9.17) is 16.3 Å². The fraction of sp³-hybridized carbons (Fsp3) is 0.0435. The smallest absolute Gasteiger partial charge is 0.395 e. The highest BCUT2D eigenvalue weighted by Gasteiger charge is 2.21. The Labute approximate surface area is 186 Å². The number of hydrogen-bond acceptors (Lipinski definition) is 6. The van der Waals surface area contributed by atoms with Gasteiger partial charge in [0.25, 0.3) is 5.88 Å². The molecule has 0 unspecified atom stereocenters. The molecule has 0 aliphatic carbocycles. The zero-order chi connectivity index (χ0) is 22.7. The molecule has 2 N–H and O–H groups in total. The van der Waals surface area contributed by atoms with Crippen LogP contribution >= 0.6 is 11.6 Å². The highest BCUT2D eigenvalue weighted by Crippen LogP contribution is 2.31. The number of hydrogen-bond donors (Lipinski definition) is 2. The molecule has 3 aromatic carbocycles. The lowest BCUT2D eigenvalue weighted by Gasteiger charge is -2.12. The first-order chi connectivity index (χ1) is 15.4. The molecule has 0 spiro atoms. The number of H-pyrrole nitrogens is 1. The summed E-state index contributed by atoms with van der Waals surface area (Å²) in [6, 6.07) is 18.7. The predicted molar refractivity (Wildman–Crippen MR) is 122 cm³/mol. The maximum absolute atomic E-state index is 11.9. The number of nitro groups is 1. The zero-order valence-electron chi connectivity index (χ0n) is 16.5. The first-order valence-corrected chi connectivity index (χ1v) is 9.85. The lowest BCUT2D eigenvalue weighted by Crippen LogP contribution is -2.14. The Morgan fingerprint density at radius 2 is 1.84 bits per heavy atom. The fourth-order valence-corrected chi connectivity index (χ4v) is 3.32. The van der Waals surface area contributed by atoms with Crippen molar-refractivity contribution in [1.82, 2.24) is 9.97 Å². The van der Waals surface area contributed by atoms with Gasteiger partial charge in [-0.15, -0.1) is 0 Å². The van der Waals surface area contributed by atoms with Crippen LogP contribution in [-0.2, 0) is 6.61 Å². The maximum atomic E-state index is 11.9. The van der Waals surface area contributed by atoms with Crippen LogP contribution in [0.3, 0.4) is 0 Å². The molecule has 32 heavy (non-hydrogen) atoms. The highest BCUT2D eigenvalue weighted by molar-refractivity contribution is 6.30. The van der Waals surface area contributed by atoms with Gasteiger partial charge in [-0.1, -0.05) is 54.1 Å². The highest BCUT2D eigenvalue weighted by atomic mass is 35.5. The van der Waals surface area contributed by atoms with Gasteiger partial charge in [0.15, 0.2) is 0 Å². The van der Waals surface area contributed by atoms with Crippen LogP contribution in [0.5, 0.6) is 11.6 Å². The number of halogens is 1. The third-order valence-corrected chi connectivity index (χ3v) is 4.98. The van der Waals surface area contributed by atoms with Gasteiger partial charge in [0.05, 0.1) is 4.92 Å². The monoisotopic (exact) mass is 449 g/mol. The summed E-state index contributed by atoms with van der Waals surface area (Å²) < 4.78 is 6.03. The van der Waals surface area contributed by atoms with Crippen LogP contribution in [0.4, 0.5) is 5.69 Å². The average Bonchev–Trinajstić information content (AvgIpc) is 2.76. The Kier molecular flexibility index (Phi) is 5.87. The summed E-state index contributed by atoms with van der Waals surface area (Å²) in [5.74, 6) is -0.395. The van der Waals surface area contributed by atoms with Gasteiger partial charge in [0.1, 0.15) is 18.2 Å². The van der Waals surface area contributed by atoms with Crippen molar-refractivity contribution in [2.75, 3.05) is 0 Å². The average molecular weight is 450 g/mol. The molecule has 0 aliphatic heterocycles. The number of nitrogens with zero attached hydrogens (tertiary/aromatic N) is 2. The minimum absolute atomic E-state index is 0.0327. The van der Waals surface area contributed by atoms with Crippen LogP contribution in [-0.4, -0.2) is 20.0 Å². The topological polar surface area (TPSA) is 118 Å². The van der Waals surface area contributed by atoms with E-state index in [0.717, 1.165) is 21.9 Å². The molecule has 1 aromatic heterocycles. The van der Waals surface area contributed by atoms with Gasteiger partial charge in [0, 0.05) is 10.6 Å². The standard InChI is InChI=1S/C23H16ClN3O5/c24-16-8-5-14(6-9-16)13-32-19-11-7-15-3-1-2-4-17(15)18(19)10-12-20-25-22(28)21(27(30)31)23(29)26-20/h1-12H,13H2,(H2,25,26,28,29)/b12-10-. The summed E-state index contributed by atoms with van der Waals surface area (Å²) in [6.07, 6.45) is 3.12. The number of fused-ring (bicyclic) bond motifs is 1. The molecular formula is C23H16ClN3O5. The van der Waals surface area contributed by atoms with E-state index >= 15 is 0 Å². The van der Waals surface area contributed by atoms with Gasteiger partial charge in [0.2, 0.25) is 0 Å². The van der Waals surface area contributed by atoms with E-state index in [1.54, 1.807) is 18.2 Å². The second kappa shape index (κ2) is 8.91. The minimum atomic E-state index is -1.04. The fourth-order valence-electron chi connectivity index (χ4n) is 3.19. The molecule has 0 saturated heterocycles. The quantitative estimate of drug-likeness (QED) is 0.318. The number of benzene rings is 3. The Hall–Kier alpha value is -4.17. The predicted octanol–water partition coefficient (Wildman–Crippen LogP) is 4.94. The lowest BCUT2D eigenvalue weighted by molar-refractivity contribution is -0.387. The molecule has 4 aromatic rings. The van der Waals surface area contributed by atoms with Crippen molar-refractivity contribution in [3.63, 3.8) is 0 Å². The van der Waals surface area contributed by atoms with Gasteiger partial charge in [-0.2, -0.15) is 4.98 Å². The van der Waals surface area contributed by atoms with Gasteiger partial charge in [-0.25, -0.2) is 0 Å². The molecular weight excluding hydrogens is 434 g/mol. The van der Waals surface area contributed by atoms with Crippen molar-refractivity contribution < 1.29 is 14.8 Å². The molecule has 1 heterocycles. The van der Waals surface area contributed by atoms with E-state index in [1.807, 2.05) is 48.5 Å². The number of aromatic nitrogens is 2. The van der Waals surface area contributed by atoms with E-state index in [0.29, 0.717) is 17.4 Å². The number of aromatic amines is 1. The van der Waals surface area contributed by atoms with Crippen LogP contribution in [0.25, 0.3) is 22.9 Å². The second-order valence-corrected chi connectivity index (χ2v) is 7.26. The molecule has 0 radical (unpaired) electrons. The summed E-state index contributed by atoms with van der Waals surface area (Å²) in [5, 5.41) is 23.1. The summed E-state index contributed by atoms with van der Waals surface area (Å²) in [6.45, 7) is 0.309. The minimum Gasteiger partial charge on any atom is -0.488 e. The van der Waals surface area contributed by atoms with Crippen LogP contribution in [0.1, 0.15) is 17.0 Å². The third-order valence-electron chi connectivity index (χ3n) is 4.72. The van der Waals surface area contributed by atoms with E-state index in [9.17, 15) is 20.0 Å². The molecule has 4 rings (SSSR count). The Morgan fingerprint density at radius 1 is 1.09 bits per heavy atom. The van der Waals surface area contributed by atoms with Crippen LogP contribution in [0.2, 0.25) is 5.02 Å². The largest absolute Gasteiger partial charge is 0.488 e. The summed E-state index contributed by atoms with van der Waals surface area (Å²) in [4.78, 5) is 27.8. The van der Waals surface area contributed by atoms with Gasteiger partial charge >= 0.3 is 11.2 Å². The number of ether oxygens (including phenoxy) is 1. The lowest BCUT2D eigenvalue weighted by atomic mass is 10.0. The first-order valence-electron chi connectivity index (χ1n) is 9.47. The molecule has 0 bridgehead atoms. The summed E-state index contributed by atoms with van der Waals surface area (Å²) in [5.41, 5.74) is -0.389. The molecule has 0 saturated carbocycles. The number of rotatable bonds is 6. The van der Waals surface area contributed by atoms with Gasteiger partial charge in [-0.3, -0.25) is 14.9 Å².